The summed E-state index contributed by atoms with van der Waals surface area (Å²) in [6, 6.07) is 1.99. The van der Waals surface area contributed by atoms with Crippen LogP contribution in [0, 0.1) is 41.4 Å². The van der Waals surface area contributed by atoms with Crippen LogP contribution in [-0.4, -0.2) is 24.2 Å². The number of hydrogen-bond acceptors (Lipinski definition) is 4. The number of allylic oxidation sites excluding steroid dienone is 1. The first-order valence-electron chi connectivity index (χ1n) is 12.1. The van der Waals surface area contributed by atoms with E-state index in [4.69, 9.17) is 9.26 Å². The van der Waals surface area contributed by atoms with Crippen molar-refractivity contribution in [3.8, 4) is 0 Å². The van der Waals surface area contributed by atoms with Crippen molar-refractivity contribution >= 4 is 5.78 Å². The molecule has 0 saturated heterocycles. The quantitative estimate of drug-likeness (QED) is 0.461. The van der Waals surface area contributed by atoms with Gasteiger partial charge in [-0.1, -0.05) is 30.7 Å². The van der Waals surface area contributed by atoms with Crippen LogP contribution in [0.5, 0.6) is 0 Å². The highest BCUT2D eigenvalue weighted by molar-refractivity contribution is 5.87. The molecule has 4 aliphatic rings. The lowest BCUT2D eigenvalue weighted by Crippen LogP contribution is -2.50. The zero-order valence-corrected chi connectivity index (χ0v) is 18.9. The number of aryl methyl sites for hydroxylation is 1. The van der Waals surface area contributed by atoms with E-state index >= 15 is 0 Å². The number of Topliss-reactive ketones (excluding diaryl/α,β-unsaturated/α-hetero) is 1. The van der Waals surface area contributed by atoms with Gasteiger partial charge in [-0.2, -0.15) is 0 Å². The van der Waals surface area contributed by atoms with Gasteiger partial charge in [0.05, 0.1) is 18.9 Å². The minimum Gasteiger partial charge on any atom is -0.380 e. The van der Waals surface area contributed by atoms with Gasteiger partial charge in [0.15, 0.2) is 0 Å². The molecule has 0 bridgehead atoms. The van der Waals surface area contributed by atoms with Gasteiger partial charge < -0.3 is 9.26 Å². The molecule has 4 heteroatoms. The smallest absolute Gasteiger partial charge is 0.139 e. The summed E-state index contributed by atoms with van der Waals surface area (Å²) in [5.74, 6) is 4.14. The van der Waals surface area contributed by atoms with Crippen LogP contribution >= 0.6 is 0 Å². The van der Waals surface area contributed by atoms with Gasteiger partial charge in [-0.3, -0.25) is 4.79 Å². The van der Waals surface area contributed by atoms with Gasteiger partial charge in [-0.25, -0.2) is 0 Å². The monoisotopic (exact) mass is 411 g/mol. The maximum absolute atomic E-state index is 12.6. The SMILES string of the molecule is Cc1cc(CCOCC2C=C3CCC4C5CCC(=O)C5(C)CCC4C3(C)CC2)no1. The highest BCUT2D eigenvalue weighted by Crippen LogP contribution is 2.64. The summed E-state index contributed by atoms with van der Waals surface area (Å²) in [6.45, 7) is 8.28. The molecule has 0 aliphatic heterocycles. The third-order valence-electron chi connectivity index (χ3n) is 9.43. The Morgan fingerprint density at radius 2 is 1.90 bits per heavy atom. The lowest BCUT2D eigenvalue weighted by Gasteiger charge is -2.57. The second-order valence-corrected chi connectivity index (χ2v) is 11.0. The molecule has 0 aromatic carbocycles. The molecular weight excluding hydrogens is 374 g/mol. The van der Waals surface area contributed by atoms with E-state index < -0.39 is 0 Å². The minimum atomic E-state index is -0.00777. The fourth-order valence-electron chi connectivity index (χ4n) is 7.65. The van der Waals surface area contributed by atoms with Crippen molar-refractivity contribution in [2.24, 2.45) is 34.5 Å². The van der Waals surface area contributed by atoms with Gasteiger partial charge in [-0.15, -0.1) is 0 Å². The van der Waals surface area contributed by atoms with E-state index in [2.05, 4.69) is 25.1 Å². The third-order valence-corrected chi connectivity index (χ3v) is 9.43. The first kappa shape index (κ1) is 20.5. The Kier molecular flexibility index (Phi) is 5.20. The molecule has 6 atom stereocenters. The summed E-state index contributed by atoms with van der Waals surface area (Å²) >= 11 is 0. The fraction of sp³-hybridized carbons (Fsp3) is 0.769. The number of aromatic nitrogens is 1. The van der Waals surface area contributed by atoms with Crippen molar-refractivity contribution in [2.45, 2.75) is 78.6 Å². The van der Waals surface area contributed by atoms with Gasteiger partial charge in [-0.05, 0) is 75.0 Å². The fourth-order valence-corrected chi connectivity index (χ4v) is 7.65. The number of ketones is 1. The first-order valence-corrected chi connectivity index (χ1v) is 12.1. The Hall–Kier alpha value is -1.42. The van der Waals surface area contributed by atoms with Gasteiger partial charge in [0.1, 0.15) is 11.5 Å². The zero-order valence-electron chi connectivity index (χ0n) is 18.9. The molecule has 0 radical (unpaired) electrons. The van der Waals surface area contributed by atoms with Crippen LogP contribution < -0.4 is 0 Å². The molecule has 1 aromatic rings. The molecule has 6 unspecified atom stereocenters. The van der Waals surface area contributed by atoms with E-state index in [1.807, 2.05) is 13.0 Å². The number of fused-ring (bicyclic) bond motifs is 5. The molecular formula is C26H37NO3. The van der Waals surface area contributed by atoms with Crippen LogP contribution in [0.3, 0.4) is 0 Å². The van der Waals surface area contributed by atoms with E-state index in [1.54, 1.807) is 5.57 Å². The number of carbonyl (C=O) groups is 1. The normalized spacial score (nSPS) is 40.5. The molecule has 3 saturated carbocycles. The molecule has 0 N–H and O–H groups in total. The molecule has 5 rings (SSSR count). The van der Waals surface area contributed by atoms with Crippen molar-refractivity contribution in [1.82, 2.24) is 5.16 Å². The third kappa shape index (κ3) is 3.30. The predicted molar refractivity (Wildman–Crippen MR) is 116 cm³/mol. The largest absolute Gasteiger partial charge is 0.380 e. The van der Waals surface area contributed by atoms with E-state index in [0.717, 1.165) is 55.6 Å². The highest BCUT2D eigenvalue weighted by Gasteiger charge is 2.58. The zero-order chi connectivity index (χ0) is 20.9. The Bertz CT molecular complexity index is 841. The number of hydrogen-bond donors (Lipinski definition) is 0. The second-order valence-electron chi connectivity index (χ2n) is 11.0. The maximum atomic E-state index is 12.6. The van der Waals surface area contributed by atoms with Gasteiger partial charge in [0, 0.05) is 30.2 Å². The average Bonchev–Trinajstić information content (AvgIpc) is 3.28. The van der Waals surface area contributed by atoms with Crippen LogP contribution in [0.1, 0.15) is 76.7 Å². The van der Waals surface area contributed by atoms with Crippen LogP contribution in [0.4, 0.5) is 0 Å². The summed E-state index contributed by atoms with van der Waals surface area (Å²) in [5, 5.41) is 4.05. The van der Waals surface area contributed by atoms with Crippen LogP contribution in [-0.2, 0) is 16.0 Å². The molecule has 30 heavy (non-hydrogen) atoms. The molecule has 4 aliphatic carbocycles. The van der Waals surface area contributed by atoms with Crippen LogP contribution in [0.15, 0.2) is 22.2 Å². The molecule has 1 heterocycles. The molecule has 3 fully saturated rings. The number of rotatable bonds is 5. The summed E-state index contributed by atoms with van der Waals surface area (Å²) in [4.78, 5) is 12.6. The topological polar surface area (TPSA) is 52.3 Å². The molecule has 0 amide bonds. The second kappa shape index (κ2) is 7.62. The van der Waals surface area contributed by atoms with Crippen LogP contribution in [0.2, 0.25) is 0 Å². The Balaban J connectivity index is 1.21. The lowest BCUT2D eigenvalue weighted by atomic mass is 9.47. The van der Waals surface area contributed by atoms with E-state index in [1.165, 1.54) is 32.1 Å². The Morgan fingerprint density at radius 3 is 2.70 bits per heavy atom. The number of ether oxygens (including phenoxy) is 1. The van der Waals surface area contributed by atoms with Crippen molar-refractivity contribution < 1.29 is 14.1 Å². The maximum Gasteiger partial charge on any atom is 0.139 e. The highest BCUT2D eigenvalue weighted by atomic mass is 16.5. The summed E-state index contributed by atoms with van der Waals surface area (Å²) in [6.07, 6.45) is 12.8. The summed E-state index contributed by atoms with van der Waals surface area (Å²) < 4.78 is 11.2. The summed E-state index contributed by atoms with van der Waals surface area (Å²) in [5.41, 5.74) is 3.02. The van der Waals surface area contributed by atoms with Crippen molar-refractivity contribution in [3.05, 3.63) is 29.2 Å². The van der Waals surface area contributed by atoms with Crippen molar-refractivity contribution in [2.75, 3.05) is 13.2 Å². The summed E-state index contributed by atoms with van der Waals surface area (Å²) in [7, 11) is 0. The number of nitrogens with zero attached hydrogens (tertiary/aromatic N) is 1. The average molecular weight is 412 g/mol. The molecule has 164 valence electrons. The Morgan fingerprint density at radius 1 is 1.10 bits per heavy atom. The van der Waals surface area contributed by atoms with Crippen molar-refractivity contribution in [3.63, 3.8) is 0 Å². The van der Waals surface area contributed by atoms with Gasteiger partial charge in [0.25, 0.3) is 0 Å². The van der Waals surface area contributed by atoms with Crippen molar-refractivity contribution in [1.29, 1.82) is 0 Å². The molecule has 0 spiro atoms. The van der Waals surface area contributed by atoms with E-state index in [0.29, 0.717) is 29.6 Å². The number of carbonyl (C=O) groups excluding carboxylic acids is 1. The van der Waals surface area contributed by atoms with E-state index in [-0.39, 0.29) is 5.41 Å². The Labute approximate surface area is 180 Å². The van der Waals surface area contributed by atoms with E-state index in [9.17, 15) is 4.79 Å². The molecule has 4 nitrogen and oxygen atoms in total. The minimum absolute atomic E-state index is 0.00777. The standard InChI is InChI=1S/C26H37NO3/c1-17-14-20(27-30-17)10-13-29-16-18-8-11-25(2)19(15-18)4-5-21-22-6-7-24(28)26(22,3)12-9-23(21)25/h14-15,18,21-23H,4-13,16H2,1-3H3. The van der Waals surface area contributed by atoms with Crippen LogP contribution in [0.25, 0.3) is 0 Å². The van der Waals surface area contributed by atoms with Gasteiger partial charge >= 0.3 is 0 Å². The predicted octanol–water partition coefficient (Wildman–Crippen LogP) is 5.69. The van der Waals surface area contributed by atoms with Gasteiger partial charge in [0.2, 0.25) is 0 Å². The molecule has 1 aromatic heterocycles. The lowest BCUT2D eigenvalue weighted by molar-refractivity contribution is -0.132. The first-order chi connectivity index (χ1) is 14.4.